The molecule has 0 atom stereocenters. The fraction of sp³-hybridized carbons (Fsp3) is 0.312. The van der Waals surface area contributed by atoms with E-state index in [1.165, 1.54) is 0 Å². The highest BCUT2D eigenvalue weighted by atomic mass is 35.5. The van der Waals surface area contributed by atoms with E-state index in [1.54, 1.807) is 0 Å². The van der Waals surface area contributed by atoms with E-state index in [0.717, 1.165) is 41.3 Å². The minimum atomic E-state index is -0.101. The van der Waals surface area contributed by atoms with Crippen LogP contribution in [0.1, 0.15) is 22.6 Å². The first kappa shape index (κ1) is 15.6. The molecule has 0 aromatic carbocycles. The van der Waals surface area contributed by atoms with Crippen molar-refractivity contribution in [2.24, 2.45) is 0 Å². The van der Waals surface area contributed by atoms with E-state index in [0.29, 0.717) is 22.9 Å². The van der Waals surface area contributed by atoms with Crippen LogP contribution in [0.2, 0.25) is 5.02 Å². The van der Waals surface area contributed by atoms with Gasteiger partial charge in [-0.1, -0.05) is 11.6 Å². The lowest BCUT2D eigenvalue weighted by molar-refractivity contribution is 0.237. The second-order valence-electron chi connectivity index (χ2n) is 6.05. The third-order valence-corrected chi connectivity index (χ3v) is 4.87. The van der Waals surface area contributed by atoms with Crippen molar-refractivity contribution >= 4 is 29.5 Å². The zero-order valence-corrected chi connectivity index (χ0v) is 14.7. The molecule has 0 radical (unpaired) electrons. The van der Waals surface area contributed by atoms with Crippen molar-refractivity contribution in [3.63, 3.8) is 0 Å². The highest BCUT2D eigenvalue weighted by Gasteiger charge is 2.21. The zero-order chi connectivity index (χ0) is 16.8. The molecule has 1 aliphatic heterocycles. The molecule has 0 aliphatic carbocycles. The number of halogens is 1. The first-order valence-corrected chi connectivity index (χ1v) is 8.49. The maximum absolute atomic E-state index is 12.2. The van der Waals surface area contributed by atoms with Gasteiger partial charge in [-0.25, -0.2) is 4.98 Å². The Balaban J connectivity index is 1.68. The lowest BCUT2D eigenvalue weighted by Crippen LogP contribution is -2.35. The van der Waals surface area contributed by atoms with Gasteiger partial charge >= 0.3 is 0 Å². The number of hydrogen-bond donors (Lipinski definition) is 2. The Kier molecular flexibility index (Phi) is 3.79. The number of imidazole rings is 1. The average molecular weight is 362 g/mol. The molecule has 124 valence electrons. The van der Waals surface area contributed by atoms with E-state index >= 15 is 0 Å². The molecule has 8 heteroatoms. The lowest BCUT2D eigenvalue weighted by atomic mass is 10.1. The number of pyridine rings is 1. The highest BCUT2D eigenvalue weighted by molar-refractivity contribution is 7.71. The van der Waals surface area contributed by atoms with Crippen LogP contribution >= 0.6 is 23.8 Å². The van der Waals surface area contributed by atoms with Crippen LogP contribution in [0.3, 0.4) is 0 Å². The van der Waals surface area contributed by atoms with Gasteiger partial charge in [0.1, 0.15) is 5.65 Å². The quantitative estimate of drug-likeness (QED) is 0.688. The normalized spacial score (nSPS) is 14.9. The Morgan fingerprint density at radius 3 is 3.04 bits per heavy atom. The smallest absolute Gasteiger partial charge is 0.256 e. The fourth-order valence-electron chi connectivity index (χ4n) is 3.23. The number of rotatable bonds is 2. The first-order chi connectivity index (χ1) is 11.5. The molecule has 2 N–H and O–H groups in total. The Morgan fingerprint density at radius 2 is 2.21 bits per heavy atom. The first-order valence-electron chi connectivity index (χ1n) is 7.71. The van der Waals surface area contributed by atoms with Crippen molar-refractivity contribution in [1.82, 2.24) is 24.3 Å². The molecule has 3 aromatic heterocycles. The van der Waals surface area contributed by atoms with Gasteiger partial charge in [0.25, 0.3) is 5.56 Å². The number of nitrogens with one attached hydrogen (secondary N) is 2. The van der Waals surface area contributed by atoms with Crippen molar-refractivity contribution in [1.29, 1.82) is 0 Å². The Bertz CT molecular complexity index is 1050. The summed E-state index contributed by atoms with van der Waals surface area (Å²) in [6, 6.07) is 3.75. The molecular weight excluding hydrogens is 346 g/mol. The topological polar surface area (TPSA) is 69.2 Å². The maximum atomic E-state index is 12.2. The predicted molar refractivity (Wildman–Crippen MR) is 95.0 cm³/mol. The van der Waals surface area contributed by atoms with E-state index in [9.17, 15) is 4.79 Å². The van der Waals surface area contributed by atoms with E-state index in [-0.39, 0.29) is 5.56 Å². The number of aromatic amines is 2. The van der Waals surface area contributed by atoms with Gasteiger partial charge in [-0.3, -0.25) is 14.7 Å². The lowest BCUT2D eigenvalue weighted by Gasteiger charge is -2.27. The minimum Gasteiger partial charge on any atom is -0.335 e. The van der Waals surface area contributed by atoms with Crippen LogP contribution in [0.15, 0.2) is 23.1 Å². The minimum absolute atomic E-state index is 0.101. The van der Waals surface area contributed by atoms with E-state index in [4.69, 9.17) is 23.8 Å². The van der Waals surface area contributed by atoms with E-state index in [2.05, 4.69) is 19.9 Å². The molecule has 4 rings (SSSR count). The summed E-state index contributed by atoms with van der Waals surface area (Å²) in [4.78, 5) is 24.7. The number of hydrogen-bond acceptors (Lipinski definition) is 4. The monoisotopic (exact) mass is 361 g/mol. The summed E-state index contributed by atoms with van der Waals surface area (Å²) in [5.74, 6) is 0. The summed E-state index contributed by atoms with van der Waals surface area (Å²) < 4.78 is 2.41. The number of H-pyrrole nitrogens is 2. The fourth-order valence-corrected chi connectivity index (χ4v) is 3.61. The van der Waals surface area contributed by atoms with Crippen LogP contribution in [0.4, 0.5) is 0 Å². The zero-order valence-electron chi connectivity index (χ0n) is 13.1. The third kappa shape index (κ3) is 2.68. The van der Waals surface area contributed by atoms with Crippen LogP contribution in [-0.2, 0) is 19.5 Å². The van der Waals surface area contributed by atoms with Gasteiger partial charge < -0.3 is 9.38 Å². The van der Waals surface area contributed by atoms with Crippen molar-refractivity contribution in [3.8, 4) is 0 Å². The molecule has 6 nitrogen and oxygen atoms in total. The van der Waals surface area contributed by atoms with Gasteiger partial charge in [-0.15, -0.1) is 0 Å². The number of aryl methyl sites for hydroxylation is 1. The van der Waals surface area contributed by atoms with Gasteiger partial charge in [0.05, 0.1) is 22.0 Å². The van der Waals surface area contributed by atoms with Crippen LogP contribution < -0.4 is 5.56 Å². The largest absolute Gasteiger partial charge is 0.335 e. The van der Waals surface area contributed by atoms with Crippen molar-refractivity contribution < 1.29 is 0 Å². The molecular formula is C16H16ClN5OS. The summed E-state index contributed by atoms with van der Waals surface area (Å²) in [6.45, 7) is 4.15. The second kappa shape index (κ2) is 5.84. The molecule has 4 heterocycles. The number of fused-ring (bicyclic) bond motifs is 2. The summed E-state index contributed by atoms with van der Waals surface area (Å²) in [5, 5.41) is 0.675. The van der Waals surface area contributed by atoms with Gasteiger partial charge in [-0.2, -0.15) is 0 Å². The second-order valence-corrected chi connectivity index (χ2v) is 6.89. The molecule has 0 spiro atoms. The molecule has 0 saturated heterocycles. The molecule has 0 amide bonds. The molecule has 0 saturated carbocycles. The third-order valence-electron chi connectivity index (χ3n) is 4.44. The molecule has 1 aliphatic rings. The predicted octanol–water partition coefficient (Wildman–Crippen LogP) is 2.60. The molecule has 0 bridgehead atoms. The average Bonchev–Trinajstić information content (AvgIpc) is 2.83. The Hall–Kier alpha value is -1.96. The van der Waals surface area contributed by atoms with Crippen molar-refractivity contribution in [2.75, 3.05) is 6.54 Å². The van der Waals surface area contributed by atoms with E-state index < -0.39 is 0 Å². The van der Waals surface area contributed by atoms with E-state index in [1.807, 2.05) is 29.7 Å². The Labute approximate surface area is 148 Å². The van der Waals surface area contributed by atoms with Gasteiger partial charge in [0.2, 0.25) is 0 Å². The van der Waals surface area contributed by atoms with Gasteiger partial charge in [0, 0.05) is 37.9 Å². The number of aromatic nitrogens is 4. The van der Waals surface area contributed by atoms with Crippen LogP contribution in [0.25, 0.3) is 5.65 Å². The summed E-state index contributed by atoms with van der Waals surface area (Å²) in [7, 11) is 0. The maximum Gasteiger partial charge on any atom is 0.256 e. The van der Waals surface area contributed by atoms with Crippen LogP contribution in [0, 0.1) is 11.7 Å². The standard InChI is InChI=1S/C16H16ClN5OS/c1-9-13(22-6-10(17)2-3-14(22)18-9)8-21-5-4-12-11(7-21)15(23)20-16(24)19-12/h2-3,6H,4-5,7-8H2,1H3,(H2,19,20,23,24). The summed E-state index contributed by atoms with van der Waals surface area (Å²) >= 11 is 11.2. The Morgan fingerprint density at radius 1 is 1.38 bits per heavy atom. The SMILES string of the molecule is Cc1nc2ccc(Cl)cn2c1CN1CCc2[nH]c(=S)[nH]c(=O)c2C1. The number of nitrogens with zero attached hydrogens (tertiary/aromatic N) is 3. The summed E-state index contributed by atoms with van der Waals surface area (Å²) in [6.07, 6.45) is 2.66. The highest BCUT2D eigenvalue weighted by Crippen LogP contribution is 2.20. The van der Waals surface area contributed by atoms with Crippen LogP contribution in [-0.4, -0.2) is 30.8 Å². The molecule has 0 fully saturated rings. The van der Waals surface area contributed by atoms with Crippen LogP contribution in [0.5, 0.6) is 0 Å². The van der Waals surface area contributed by atoms with Gasteiger partial charge in [0.15, 0.2) is 4.77 Å². The van der Waals surface area contributed by atoms with Crippen molar-refractivity contribution in [2.45, 2.75) is 26.4 Å². The summed E-state index contributed by atoms with van der Waals surface area (Å²) in [5.41, 5.74) is 4.56. The molecule has 24 heavy (non-hydrogen) atoms. The molecule has 0 unspecified atom stereocenters. The molecule has 3 aromatic rings. The van der Waals surface area contributed by atoms with Crippen molar-refractivity contribution in [3.05, 3.63) is 61.1 Å². The van der Waals surface area contributed by atoms with Gasteiger partial charge in [-0.05, 0) is 31.3 Å².